The molecule has 0 aliphatic heterocycles. The second-order valence-electron chi connectivity index (χ2n) is 8.72. The van der Waals surface area contributed by atoms with Crippen LogP contribution in [-0.4, -0.2) is 16.6 Å². The van der Waals surface area contributed by atoms with Crippen LogP contribution in [0.4, 0.5) is 5.69 Å². The lowest BCUT2D eigenvalue weighted by Gasteiger charge is -2.18. The van der Waals surface area contributed by atoms with Crippen LogP contribution in [-0.2, 0) is 12.5 Å². The van der Waals surface area contributed by atoms with Crippen molar-refractivity contribution in [1.29, 1.82) is 0 Å². The van der Waals surface area contributed by atoms with Crippen LogP contribution in [0.1, 0.15) is 53.8 Å². The molecule has 0 spiro atoms. The highest BCUT2D eigenvalue weighted by Gasteiger charge is 2.21. The number of hydrogen-bond donors (Lipinski definition) is 0. The third kappa shape index (κ3) is 10.5. The predicted molar refractivity (Wildman–Crippen MR) is 151 cm³/mol. The second kappa shape index (κ2) is 15.0. The Morgan fingerprint density at radius 3 is 2.09 bits per heavy atom. The molecule has 0 radical (unpaired) electrons. The molecule has 0 aliphatic rings. The minimum Gasteiger partial charge on any atom is -0.331 e. The van der Waals surface area contributed by atoms with Crippen LogP contribution in [0.25, 0.3) is 11.0 Å². The van der Waals surface area contributed by atoms with E-state index in [2.05, 4.69) is 119 Å². The van der Waals surface area contributed by atoms with Crippen molar-refractivity contribution in [2.24, 2.45) is 7.05 Å². The normalized spacial score (nSPS) is 9.88. The van der Waals surface area contributed by atoms with Crippen LogP contribution >= 0.6 is 11.9 Å². The fourth-order valence-corrected chi connectivity index (χ4v) is 3.56. The lowest BCUT2D eigenvalue weighted by atomic mass is 9.96. The quantitative estimate of drug-likeness (QED) is 0.220. The minimum absolute atomic E-state index is 0.0403. The Hall–Kier alpha value is -2.90. The summed E-state index contributed by atoms with van der Waals surface area (Å²) < 4.78 is 4.38. The summed E-state index contributed by atoms with van der Waals surface area (Å²) in [6, 6.07) is 16.9. The van der Waals surface area contributed by atoms with E-state index in [1.54, 1.807) is 11.9 Å². The number of nitrogens with zero attached hydrogens (tertiary/aromatic N) is 3. The Labute approximate surface area is 206 Å². The largest absolute Gasteiger partial charge is 0.331 e. The van der Waals surface area contributed by atoms with Gasteiger partial charge in [-0.15, -0.1) is 26.0 Å². The highest BCUT2D eigenvalue weighted by Crippen LogP contribution is 2.31. The highest BCUT2D eigenvalue weighted by molar-refractivity contribution is 8.00. The van der Waals surface area contributed by atoms with E-state index in [0.717, 1.165) is 23.4 Å². The van der Waals surface area contributed by atoms with Crippen molar-refractivity contribution in [2.75, 3.05) is 11.4 Å². The summed E-state index contributed by atoms with van der Waals surface area (Å²) in [6.45, 7) is 19.6. The average molecular weight is 464 g/mol. The summed E-state index contributed by atoms with van der Waals surface area (Å²) in [5.74, 6) is 1.11. The molecule has 1 heterocycles. The van der Waals surface area contributed by atoms with E-state index < -0.39 is 0 Å². The summed E-state index contributed by atoms with van der Waals surface area (Å²) in [6.07, 6.45) is 11.0. The minimum atomic E-state index is 0.0403. The molecule has 0 atom stereocenters. The number of benzene rings is 2. The molecular formula is C29H41N3S. The number of fused-ring (bicyclic) bond motifs is 1. The number of anilines is 1. The van der Waals surface area contributed by atoms with Crippen LogP contribution in [0.2, 0.25) is 0 Å². The number of rotatable bonds is 4. The molecule has 0 amide bonds. The highest BCUT2D eigenvalue weighted by atomic mass is 32.2. The molecule has 0 unspecified atom stereocenters. The zero-order chi connectivity index (χ0) is 25.6. The van der Waals surface area contributed by atoms with Gasteiger partial charge in [-0.3, -0.25) is 0 Å². The van der Waals surface area contributed by atoms with Crippen LogP contribution < -0.4 is 4.31 Å². The van der Waals surface area contributed by atoms with Gasteiger partial charge in [-0.05, 0) is 62.5 Å². The van der Waals surface area contributed by atoms with E-state index in [4.69, 9.17) is 4.98 Å². The molecule has 0 fully saturated rings. The fourth-order valence-electron chi connectivity index (χ4n) is 2.75. The lowest BCUT2D eigenvalue weighted by molar-refractivity contribution is 0.526. The van der Waals surface area contributed by atoms with Crippen molar-refractivity contribution in [3.63, 3.8) is 0 Å². The molecule has 0 saturated carbocycles. The molecule has 0 aliphatic carbocycles. The van der Waals surface area contributed by atoms with Crippen molar-refractivity contribution in [3.8, 4) is 12.8 Å². The maximum atomic E-state index is 4.86. The van der Waals surface area contributed by atoms with Gasteiger partial charge in [0, 0.05) is 30.1 Å². The van der Waals surface area contributed by atoms with E-state index in [0.29, 0.717) is 0 Å². The first-order valence-electron chi connectivity index (χ1n) is 11.0. The van der Waals surface area contributed by atoms with Crippen molar-refractivity contribution >= 4 is 28.7 Å². The molecule has 2 aromatic carbocycles. The number of aromatic nitrogens is 2. The van der Waals surface area contributed by atoms with E-state index in [1.807, 2.05) is 26.0 Å². The molecule has 178 valence electrons. The monoisotopic (exact) mass is 463 g/mol. The number of terminal acetylenes is 1. The molecule has 33 heavy (non-hydrogen) atoms. The second-order valence-corrected chi connectivity index (χ2v) is 9.92. The first kappa shape index (κ1) is 30.1. The van der Waals surface area contributed by atoms with Gasteiger partial charge in [-0.25, -0.2) is 4.98 Å². The van der Waals surface area contributed by atoms with E-state index in [9.17, 15) is 0 Å². The molecule has 3 rings (SSSR count). The maximum absolute atomic E-state index is 4.86. The van der Waals surface area contributed by atoms with Gasteiger partial charge in [0.15, 0.2) is 0 Å². The number of hydrogen-bond acceptors (Lipinski definition) is 3. The Kier molecular flexibility index (Phi) is 13.7. The molecule has 0 saturated heterocycles. The summed E-state index contributed by atoms with van der Waals surface area (Å²) in [5.41, 5.74) is 4.59. The van der Waals surface area contributed by atoms with Crippen LogP contribution in [0.15, 0.2) is 78.2 Å². The summed E-state index contributed by atoms with van der Waals surface area (Å²) in [5, 5.41) is 0. The smallest absolute Gasteiger partial charge is 0.115 e. The molecule has 1 aromatic heterocycles. The van der Waals surface area contributed by atoms with Crippen LogP contribution in [0.3, 0.4) is 0 Å². The fraction of sp³-hybridized carbons (Fsp3) is 0.345. The van der Waals surface area contributed by atoms with Gasteiger partial charge in [0.05, 0.1) is 11.0 Å². The summed E-state index contributed by atoms with van der Waals surface area (Å²) >= 11 is 1.72. The first-order chi connectivity index (χ1) is 15.5. The van der Waals surface area contributed by atoms with Gasteiger partial charge in [0.25, 0.3) is 0 Å². The standard InChI is InChI=1S/C19H23N3S.2C4H8.C2H2/c1-19(2,3)18-20-16-13-14(11-12-17(16)21(18)4)22(5)23-15-9-7-6-8-10-15;1-4(2)3;1-3-4-2;1-2/h6-13H,1-5H3;1H2,2-3H3;3H,1,4H2,2H3;1-2H. The van der Waals surface area contributed by atoms with Crippen LogP contribution in [0.5, 0.6) is 0 Å². The molecule has 3 nitrogen and oxygen atoms in total. The van der Waals surface area contributed by atoms with Gasteiger partial charge in [0.2, 0.25) is 0 Å². The summed E-state index contributed by atoms with van der Waals surface area (Å²) in [4.78, 5) is 6.09. The topological polar surface area (TPSA) is 21.1 Å². The first-order valence-corrected chi connectivity index (χ1v) is 11.8. The lowest BCUT2D eigenvalue weighted by Crippen LogP contribution is -2.17. The third-order valence-electron chi connectivity index (χ3n) is 4.17. The van der Waals surface area contributed by atoms with Crippen molar-refractivity contribution in [2.45, 2.75) is 58.3 Å². The average Bonchev–Trinajstić information content (AvgIpc) is 3.12. The molecule has 4 heteroatoms. The Balaban J connectivity index is 0.000000877. The van der Waals surface area contributed by atoms with E-state index >= 15 is 0 Å². The Bertz CT molecular complexity index is 1000. The zero-order valence-electron chi connectivity index (χ0n) is 21.7. The van der Waals surface area contributed by atoms with Crippen molar-refractivity contribution in [3.05, 3.63) is 79.2 Å². The van der Waals surface area contributed by atoms with Gasteiger partial charge in [0.1, 0.15) is 5.82 Å². The van der Waals surface area contributed by atoms with Crippen molar-refractivity contribution in [1.82, 2.24) is 9.55 Å². The molecule has 3 aromatic rings. The van der Waals surface area contributed by atoms with Crippen LogP contribution in [0, 0.1) is 12.8 Å². The van der Waals surface area contributed by atoms with E-state index in [-0.39, 0.29) is 5.41 Å². The Morgan fingerprint density at radius 2 is 1.64 bits per heavy atom. The number of allylic oxidation sites excluding steroid dienone is 2. The van der Waals surface area contributed by atoms with Gasteiger partial charge < -0.3 is 8.87 Å². The zero-order valence-corrected chi connectivity index (χ0v) is 22.5. The number of aryl methyl sites for hydroxylation is 1. The molecular weight excluding hydrogens is 422 g/mol. The third-order valence-corrected chi connectivity index (χ3v) is 5.14. The number of imidazole rings is 1. The van der Waals surface area contributed by atoms with E-state index in [1.165, 1.54) is 16.0 Å². The summed E-state index contributed by atoms with van der Waals surface area (Å²) in [7, 11) is 4.18. The van der Waals surface area contributed by atoms with Crippen molar-refractivity contribution < 1.29 is 0 Å². The predicted octanol–water partition coefficient (Wildman–Crippen LogP) is 8.43. The van der Waals surface area contributed by atoms with Gasteiger partial charge >= 0.3 is 0 Å². The Morgan fingerprint density at radius 1 is 1.12 bits per heavy atom. The molecule has 0 N–H and O–H groups in total. The van der Waals surface area contributed by atoms with Gasteiger partial charge in [-0.1, -0.05) is 57.5 Å². The maximum Gasteiger partial charge on any atom is 0.115 e. The SMILES string of the molecule is C#C.C=C(C)C.C=CCC.CN(Sc1ccccc1)c1ccc2c(c1)nc(C(C)(C)C)n2C. The van der Waals surface area contributed by atoms with Gasteiger partial charge in [-0.2, -0.15) is 0 Å². The molecule has 0 bridgehead atoms.